The molecule has 0 spiro atoms. The first-order valence-corrected chi connectivity index (χ1v) is 8.99. The van der Waals surface area contributed by atoms with Crippen molar-refractivity contribution < 1.29 is 4.79 Å². The Bertz CT molecular complexity index is 809. The fourth-order valence-corrected chi connectivity index (χ4v) is 3.86. The van der Waals surface area contributed by atoms with E-state index in [-0.39, 0.29) is 22.5 Å². The molecule has 0 saturated carbocycles. The molecule has 0 unspecified atom stereocenters. The van der Waals surface area contributed by atoms with Crippen molar-refractivity contribution in [3.63, 3.8) is 0 Å². The van der Waals surface area contributed by atoms with Gasteiger partial charge in [0.15, 0.2) is 0 Å². The maximum atomic E-state index is 12.2. The van der Waals surface area contributed by atoms with Crippen molar-refractivity contribution in [2.45, 2.75) is 25.8 Å². The molecular formula is C16H19ClN4O2S. The second kappa shape index (κ2) is 6.94. The lowest BCUT2D eigenvalue weighted by molar-refractivity contribution is 0.0935. The number of nitrogens with one attached hydrogen (secondary N) is 1. The van der Waals surface area contributed by atoms with Crippen LogP contribution in [0.2, 0.25) is 5.02 Å². The SMILES string of the molecule is Cc1ccc(C(=O)NC2CCN(c3cnn(C)c(=O)c3Cl)CC2)s1. The minimum Gasteiger partial charge on any atom is -0.369 e. The monoisotopic (exact) mass is 366 g/mol. The Morgan fingerprint density at radius 3 is 2.71 bits per heavy atom. The number of thiophene rings is 1. The molecule has 2 aromatic heterocycles. The molecule has 0 aromatic carbocycles. The average molecular weight is 367 g/mol. The van der Waals surface area contributed by atoms with Crippen molar-refractivity contribution >= 4 is 34.5 Å². The molecule has 24 heavy (non-hydrogen) atoms. The number of anilines is 1. The lowest BCUT2D eigenvalue weighted by Gasteiger charge is -2.34. The van der Waals surface area contributed by atoms with Crippen molar-refractivity contribution in [2.24, 2.45) is 7.05 Å². The highest BCUT2D eigenvalue weighted by Crippen LogP contribution is 2.25. The predicted octanol–water partition coefficient (Wildman–Crippen LogP) is 2.20. The summed E-state index contributed by atoms with van der Waals surface area (Å²) in [4.78, 5) is 28.0. The molecule has 6 nitrogen and oxygen atoms in total. The van der Waals surface area contributed by atoms with Crippen LogP contribution in [0.5, 0.6) is 0 Å². The van der Waals surface area contributed by atoms with Crippen LogP contribution in [0.25, 0.3) is 0 Å². The minimum atomic E-state index is -0.294. The van der Waals surface area contributed by atoms with Crippen LogP contribution in [0.3, 0.4) is 0 Å². The van der Waals surface area contributed by atoms with Crippen molar-refractivity contribution in [3.8, 4) is 0 Å². The highest BCUT2D eigenvalue weighted by molar-refractivity contribution is 7.13. The van der Waals surface area contributed by atoms with Crippen molar-refractivity contribution in [1.82, 2.24) is 15.1 Å². The zero-order chi connectivity index (χ0) is 17.3. The van der Waals surface area contributed by atoms with Gasteiger partial charge in [-0.15, -0.1) is 11.3 Å². The highest BCUT2D eigenvalue weighted by atomic mass is 35.5. The van der Waals surface area contributed by atoms with Crippen LogP contribution in [-0.4, -0.2) is 34.8 Å². The molecule has 3 heterocycles. The lowest BCUT2D eigenvalue weighted by Crippen LogP contribution is -2.45. The number of carbonyl (C=O) groups is 1. The largest absolute Gasteiger partial charge is 0.369 e. The molecule has 0 radical (unpaired) electrons. The summed E-state index contributed by atoms with van der Waals surface area (Å²) in [6.07, 6.45) is 3.24. The van der Waals surface area contributed by atoms with Gasteiger partial charge in [0, 0.05) is 31.1 Å². The third kappa shape index (κ3) is 3.47. The lowest BCUT2D eigenvalue weighted by atomic mass is 10.0. The van der Waals surface area contributed by atoms with Crippen LogP contribution in [0.1, 0.15) is 27.4 Å². The fourth-order valence-electron chi connectivity index (χ4n) is 2.80. The van der Waals surface area contributed by atoms with Gasteiger partial charge in [-0.25, -0.2) is 4.68 Å². The van der Waals surface area contributed by atoms with Gasteiger partial charge in [-0.3, -0.25) is 9.59 Å². The molecule has 1 N–H and O–H groups in total. The summed E-state index contributed by atoms with van der Waals surface area (Å²) in [5.41, 5.74) is 0.371. The summed E-state index contributed by atoms with van der Waals surface area (Å²) < 4.78 is 1.22. The summed E-state index contributed by atoms with van der Waals surface area (Å²) in [7, 11) is 1.58. The second-order valence-corrected chi connectivity index (χ2v) is 7.58. The molecular weight excluding hydrogens is 348 g/mol. The Labute approximate surface area is 149 Å². The Kier molecular flexibility index (Phi) is 4.91. The maximum absolute atomic E-state index is 12.2. The zero-order valence-corrected chi connectivity index (χ0v) is 15.2. The molecule has 1 aliphatic rings. The first-order chi connectivity index (χ1) is 11.5. The number of rotatable bonds is 3. The number of aromatic nitrogens is 2. The quantitative estimate of drug-likeness (QED) is 0.904. The van der Waals surface area contributed by atoms with Gasteiger partial charge in [0.05, 0.1) is 16.8 Å². The molecule has 1 fully saturated rings. The van der Waals surface area contributed by atoms with Crippen LogP contribution < -0.4 is 15.8 Å². The molecule has 1 aliphatic heterocycles. The first-order valence-electron chi connectivity index (χ1n) is 7.80. The van der Waals surface area contributed by atoms with Crippen LogP contribution in [0.4, 0.5) is 5.69 Å². The molecule has 2 aromatic rings. The standard InChI is InChI=1S/C16H19ClN4O2S/c1-10-3-4-13(24-10)15(22)19-11-5-7-21(8-6-11)12-9-18-20(2)16(23)14(12)17/h3-4,9,11H,5-8H2,1-2H3,(H,19,22). The molecule has 0 bridgehead atoms. The highest BCUT2D eigenvalue weighted by Gasteiger charge is 2.24. The van der Waals surface area contributed by atoms with Gasteiger partial charge < -0.3 is 10.2 Å². The van der Waals surface area contributed by atoms with Gasteiger partial charge in [0.2, 0.25) is 0 Å². The van der Waals surface area contributed by atoms with Gasteiger partial charge in [-0.2, -0.15) is 5.10 Å². The average Bonchev–Trinajstić information content (AvgIpc) is 3.00. The van der Waals surface area contributed by atoms with Crippen LogP contribution in [0, 0.1) is 6.92 Å². The summed E-state index contributed by atoms with van der Waals surface area (Å²) >= 11 is 7.65. The van der Waals surface area contributed by atoms with Gasteiger partial charge in [-0.1, -0.05) is 11.6 Å². The summed E-state index contributed by atoms with van der Waals surface area (Å²) in [6, 6.07) is 3.94. The normalized spacial score (nSPS) is 15.5. The number of halogens is 1. The smallest absolute Gasteiger partial charge is 0.287 e. The molecule has 0 atom stereocenters. The number of carbonyl (C=O) groups excluding carboxylic acids is 1. The van der Waals surface area contributed by atoms with E-state index in [0.29, 0.717) is 5.69 Å². The van der Waals surface area contributed by atoms with Gasteiger partial charge >= 0.3 is 0 Å². The summed E-state index contributed by atoms with van der Waals surface area (Å²) in [6.45, 7) is 3.44. The Balaban J connectivity index is 1.61. The number of aryl methyl sites for hydroxylation is 2. The van der Waals surface area contributed by atoms with Gasteiger partial charge in [0.25, 0.3) is 11.5 Å². The van der Waals surface area contributed by atoms with E-state index >= 15 is 0 Å². The second-order valence-electron chi connectivity index (χ2n) is 5.92. The molecule has 0 aliphatic carbocycles. The van der Waals surface area contributed by atoms with Gasteiger partial charge in [0.1, 0.15) is 5.02 Å². The molecule has 8 heteroatoms. The molecule has 1 saturated heterocycles. The predicted molar refractivity (Wildman–Crippen MR) is 96.2 cm³/mol. The number of nitrogens with zero attached hydrogens (tertiary/aromatic N) is 3. The summed E-state index contributed by atoms with van der Waals surface area (Å²) in [5, 5.41) is 7.32. The fraction of sp³-hybridized carbons (Fsp3) is 0.438. The topological polar surface area (TPSA) is 67.2 Å². The zero-order valence-electron chi connectivity index (χ0n) is 13.6. The van der Waals surface area contributed by atoms with E-state index in [4.69, 9.17) is 11.6 Å². The summed E-state index contributed by atoms with van der Waals surface area (Å²) in [5.74, 6) is -0.0140. The van der Waals surface area contributed by atoms with E-state index in [1.165, 1.54) is 16.0 Å². The number of amides is 1. The van der Waals surface area contributed by atoms with E-state index in [9.17, 15) is 9.59 Å². The van der Waals surface area contributed by atoms with E-state index < -0.39 is 0 Å². The minimum absolute atomic E-state index is 0.0140. The van der Waals surface area contributed by atoms with Crippen LogP contribution >= 0.6 is 22.9 Å². The van der Waals surface area contributed by atoms with E-state index in [1.54, 1.807) is 13.2 Å². The van der Waals surface area contributed by atoms with Crippen molar-refractivity contribution in [1.29, 1.82) is 0 Å². The number of hydrogen-bond acceptors (Lipinski definition) is 5. The van der Waals surface area contributed by atoms with Crippen LogP contribution in [0.15, 0.2) is 23.1 Å². The first kappa shape index (κ1) is 17.0. The molecule has 128 valence electrons. The van der Waals surface area contributed by atoms with Gasteiger partial charge in [-0.05, 0) is 31.9 Å². The number of piperidine rings is 1. The van der Waals surface area contributed by atoms with E-state index in [0.717, 1.165) is 35.7 Å². The van der Waals surface area contributed by atoms with Crippen molar-refractivity contribution in [2.75, 3.05) is 18.0 Å². The van der Waals surface area contributed by atoms with Crippen LogP contribution in [-0.2, 0) is 7.05 Å². The maximum Gasteiger partial charge on any atom is 0.287 e. The van der Waals surface area contributed by atoms with E-state index in [1.807, 2.05) is 19.1 Å². The molecule has 1 amide bonds. The third-order valence-corrected chi connectivity index (χ3v) is 5.55. The van der Waals surface area contributed by atoms with Crippen molar-refractivity contribution in [3.05, 3.63) is 43.5 Å². The Morgan fingerprint density at radius 2 is 2.08 bits per heavy atom. The van der Waals surface area contributed by atoms with E-state index in [2.05, 4.69) is 15.3 Å². The third-order valence-electron chi connectivity index (χ3n) is 4.19. The Hall–Kier alpha value is -1.86. The molecule has 3 rings (SSSR count). The number of hydrogen-bond donors (Lipinski definition) is 1. The Morgan fingerprint density at radius 1 is 1.38 bits per heavy atom.